The summed E-state index contributed by atoms with van der Waals surface area (Å²) < 4.78 is 0. The number of benzene rings is 1. The molecule has 0 saturated heterocycles. The smallest absolute Gasteiger partial charge is 0.423 e. The minimum atomic E-state index is -1.57. The lowest BCUT2D eigenvalue weighted by Crippen LogP contribution is -2.29. The van der Waals surface area contributed by atoms with Gasteiger partial charge in [-0.3, -0.25) is 4.79 Å². The lowest BCUT2D eigenvalue weighted by atomic mass is 9.80. The monoisotopic (exact) mass is 267 g/mol. The van der Waals surface area contributed by atoms with E-state index in [1.807, 2.05) is 6.07 Å². The van der Waals surface area contributed by atoms with Gasteiger partial charge in [-0.25, -0.2) is 4.98 Å². The molecule has 0 atom stereocenters. The van der Waals surface area contributed by atoms with Crippen LogP contribution in [0.2, 0.25) is 0 Å². The summed E-state index contributed by atoms with van der Waals surface area (Å²) in [6, 6.07) is 12.4. The predicted molar refractivity (Wildman–Crippen MR) is 73.2 cm³/mol. The van der Waals surface area contributed by atoms with E-state index in [4.69, 9.17) is 15.3 Å². The predicted octanol–water partition coefficient (Wildman–Crippen LogP) is -0.115. The van der Waals surface area contributed by atoms with Gasteiger partial charge in [-0.2, -0.15) is 5.26 Å². The van der Waals surface area contributed by atoms with Crippen LogP contribution in [0.5, 0.6) is 0 Å². The molecule has 0 bridgehead atoms. The number of hydrogen-bond donors (Lipinski definition) is 3. The molecule has 2 rings (SSSR count). The van der Waals surface area contributed by atoms with Crippen molar-refractivity contribution in [2.24, 2.45) is 0 Å². The van der Waals surface area contributed by atoms with Crippen molar-refractivity contribution in [1.82, 2.24) is 4.98 Å². The van der Waals surface area contributed by atoms with E-state index in [2.05, 4.69) is 10.3 Å². The number of nitrogens with zero attached hydrogens (tertiary/aromatic N) is 2. The molecule has 6 nitrogen and oxygen atoms in total. The maximum atomic E-state index is 11.9. The van der Waals surface area contributed by atoms with Crippen LogP contribution in [0.25, 0.3) is 0 Å². The Morgan fingerprint density at radius 1 is 1.20 bits per heavy atom. The van der Waals surface area contributed by atoms with E-state index in [0.29, 0.717) is 11.0 Å². The van der Waals surface area contributed by atoms with Crippen molar-refractivity contribution in [3.63, 3.8) is 0 Å². The Kier molecular flexibility index (Phi) is 4.10. The van der Waals surface area contributed by atoms with E-state index in [9.17, 15) is 4.79 Å². The molecule has 1 amide bonds. The first-order chi connectivity index (χ1) is 9.60. The molecule has 20 heavy (non-hydrogen) atoms. The zero-order valence-electron chi connectivity index (χ0n) is 10.3. The molecule has 0 aliphatic heterocycles. The number of nitrogens with one attached hydrogen (secondary N) is 1. The molecule has 0 unspecified atom stereocenters. The van der Waals surface area contributed by atoms with Crippen LogP contribution in [0.1, 0.15) is 16.1 Å². The molecule has 7 heteroatoms. The van der Waals surface area contributed by atoms with E-state index < -0.39 is 13.0 Å². The average molecular weight is 267 g/mol. The molecule has 0 fully saturated rings. The first-order valence-corrected chi connectivity index (χ1v) is 5.75. The summed E-state index contributed by atoms with van der Waals surface area (Å²) in [4.78, 5) is 15.9. The Bertz CT molecular complexity index is 665. The van der Waals surface area contributed by atoms with E-state index in [0.717, 1.165) is 0 Å². The molecule has 0 aliphatic carbocycles. The quantitative estimate of drug-likeness (QED) is 0.672. The molecule has 1 aromatic carbocycles. The molecular formula is C13H10BN3O3. The molecule has 1 aromatic heterocycles. The second-order valence-corrected chi connectivity index (χ2v) is 3.97. The van der Waals surface area contributed by atoms with E-state index >= 15 is 0 Å². The Morgan fingerprint density at radius 2 is 1.90 bits per heavy atom. The van der Waals surface area contributed by atoms with Crippen molar-refractivity contribution in [2.75, 3.05) is 5.32 Å². The fourth-order valence-electron chi connectivity index (χ4n) is 1.56. The van der Waals surface area contributed by atoms with Gasteiger partial charge in [-0.1, -0.05) is 18.2 Å². The standard InChI is InChI=1S/C13H10BN3O3/c15-8-11-2-1-3-12(16-11)17-13(18)9-4-6-10(7-5-9)14(19)20/h1-7,19-20H,(H,16,17,18). The first-order valence-electron chi connectivity index (χ1n) is 5.75. The average Bonchev–Trinajstić information content (AvgIpc) is 2.47. The summed E-state index contributed by atoms with van der Waals surface area (Å²) in [6.07, 6.45) is 0. The fraction of sp³-hybridized carbons (Fsp3) is 0. The van der Waals surface area contributed by atoms with Gasteiger partial charge in [0, 0.05) is 5.56 Å². The van der Waals surface area contributed by atoms with Crippen molar-refractivity contribution >= 4 is 24.3 Å². The van der Waals surface area contributed by atoms with Crippen LogP contribution in [-0.2, 0) is 0 Å². The zero-order chi connectivity index (χ0) is 14.5. The van der Waals surface area contributed by atoms with Gasteiger partial charge in [0.1, 0.15) is 17.6 Å². The summed E-state index contributed by atoms with van der Waals surface area (Å²) in [7, 11) is -1.57. The maximum Gasteiger partial charge on any atom is 0.488 e. The number of pyridine rings is 1. The number of hydrogen-bond acceptors (Lipinski definition) is 5. The highest BCUT2D eigenvalue weighted by atomic mass is 16.4. The lowest BCUT2D eigenvalue weighted by Gasteiger charge is -2.05. The third-order valence-corrected chi connectivity index (χ3v) is 2.58. The molecule has 0 aliphatic rings. The number of carbonyl (C=O) groups excluding carboxylic acids is 1. The molecule has 0 spiro atoms. The number of rotatable bonds is 3. The third kappa shape index (κ3) is 3.20. The number of anilines is 1. The van der Waals surface area contributed by atoms with Crippen LogP contribution < -0.4 is 10.8 Å². The first kappa shape index (κ1) is 13.7. The highest BCUT2D eigenvalue weighted by Gasteiger charge is 2.12. The molecule has 98 valence electrons. The molecule has 2 aromatic rings. The van der Waals surface area contributed by atoms with Gasteiger partial charge >= 0.3 is 7.12 Å². The SMILES string of the molecule is N#Cc1cccc(NC(=O)c2ccc(B(O)O)cc2)n1. The van der Waals surface area contributed by atoms with Gasteiger partial charge in [0.15, 0.2) is 0 Å². The molecule has 1 heterocycles. The van der Waals surface area contributed by atoms with Crippen molar-refractivity contribution in [3.05, 3.63) is 53.7 Å². The van der Waals surface area contributed by atoms with Crippen LogP contribution in [0.3, 0.4) is 0 Å². The molecule has 0 radical (unpaired) electrons. The third-order valence-electron chi connectivity index (χ3n) is 2.58. The molecule has 0 saturated carbocycles. The number of nitriles is 1. The minimum absolute atomic E-state index is 0.210. The fourth-order valence-corrected chi connectivity index (χ4v) is 1.56. The van der Waals surface area contributed by atoms with E-state index in [1.54, 1.807) is 12.1 Å². The maximum absolute atomic E-state index is 11.9. The molecule has 3 N–H and O–H groups in total. The second kappa shape index (κ2) is 5.97. The largest absolute Gasteiger partial charge is 0.488 e. The van der Waals surface area contributed by atoms with Gasteiger partial charge in [0.05, 0.1) is 0 Å². The van der Waals surface area contributed by atoms with Crippen LogP contribution in [-0.4, -0.2) is 28.1 Å². The van der Waals surface area contributed by atoms with Gasteiger partial charge in [-0.05, 0) is 29.7 Å². The van der Waals surface area contributed by atoms with E-state index in [1.165, 1.54) is 30.3 Å². The molecular weight excluding hydrogens is 257 g/mol. The Morgan fingerprint density at radius 3 is 2.50 bits per heavy atom. The van der Waals surface area contributed by atoms with Crippen molar-refractivity contribution < 1.29 is 14.8 Å². The van der Waals surface area contributed by atoms with E-state index in [-0.39, 0.29) is 11.5 Å². The van der Waals surface area contributed by atoms with Crippen molar-refractivity contribution in [1.29, 1.82) is 5.26 Å². The van der Waals surface area contributed by atoms with Gasteiger partial charge in [0.2, 0.25) is 0 Å². The van der Waals surface area contributed by atoms with Gasteiger partial charge in [0.25, 0.3) is 5.91 Å². The van der Waals surface area contributed by atoms with Crippen LogP contribution in [0, 0.1) is 11.3 Å². The second-order valence-electron chi connectivity index (χ2n) is 3.97. The Balaban J connectivity index is 2.13. The topological polar surface area (TPSA) is 106 Å². The number of amides is 1. The number of aromatic nitrogens is 1. The van der Waals surface area contributed by atoms with Gasteiger partial charge < -0.3 is 15.4 Å². The van der Waals surface area contributed by atoms with Crippen molar-refractivity contribution in [3.8, 4) is 6.07 Å². The zero-order valence-corrected chi connectivity index (χ0v) is 10.3. The number of carbonyl (C=O) groups is 1. The highest BCUT2D eigenvalue weighted by Crippen LogP contribution is 2.07. The Hall–Kier alpha value is -2.69. The normalized spacial score (nSPS) is 9.65. The summed E-state index contributed by atoms with van der Waals surface area (Å²) in [5, 5.41) is 29.2. The van der Waals surface area contributed by atoms with Crippen LogP contribution in [0.15, 0.2) is 42.5 Å². The summed E-state index contributed by atoms with van der Waals surface area (Å²) in [5.74, 6) is -0.119. The summed E-state index contributed by atoms with van der Waals surface area (Å²) >= 11 is 0. The van der Waals surface area contributed by atoms with Crippen LogP contribution >= 0.6 is 0 Å². The van der Waals surface area contributed by atoms with Crippen molar-refractivity contribution in [2.45, 2.75) is 0 Å². The minimum Gasteiger partial charge on any atom is -0.423 e. The summed E-state index contributed by atoms with van der Waals surface area (Å²) in [5.41, 5.74) is 0.853. The highest BCUT2D eigenvalue weighted by molar-refractivity contribution is 6.58. The Labute approximate surface area is 115 Å². The lowest BCUT2D eigenvalue weighted by molar-refractivity contribution is 0.102. The van der Waals surface area contributed by atoms with Crippen LogP contribution in [0.4, 0.5) is 5.82 Å². The summed E-state index contributed by atoms with van der Waals surface area (Å²) in [6.45, 7) is 0. The van der Waals surface area contributed by atoms with Gasteiger partial charge in [-0.15, -0.1) is 0 Å².